The van der Waals surface area contributed by atoms with E-state index in [4.69, 9.17) is 19.2 Å². The number of sulfone groups is 1. The molecule has 9 atom stereocenters. The largest absolute Gasteiger partial charge is 0.393 e. The smallest absolute Gasteiger partial charge is 0.201 e. The van der Waals surface area contributed by atoms with E-state index >= 15 is 0 Å². The highest BCUT2D eigenvalue weighted by atomic mass is 32.2. The fourth-order valence-electron chi connectivity index (χ4n) is 5.98. The number of ether oxygens (including phenoxy) is 2. The second kappa shape index (κ2) is 6.15. The van der Waals surface area contributed by atoms with Crippen LogP contribution in [0.2, 0.25) is 0 Å². The highest BCUT2D eigenvalue weighted by Gasteiger charge is 2.70. The van der Waals surface area contributed by atoms with Crippen LogP contribution in [0.1, 0.15) is 40.0 Å². The maximum absolute atomic E-state index is 11.8. The lowest BCUT2D eigenvalue weighted by Gasteiger charge is -2.62. The van der Waals surface area contributed by atoms with Gasteiger partial charge in [-0.15, -0.1) is 0 Å². The Morgan fingerprint density at radius 3 is 2.68 bits per heavy atom. The van der Waals surface area contributed by atoms with Crippen LogP contribution in [0.25, 0.3) is 0 Å². The molecule has 2 bridgehead atoms. The minimum Gasteiger partial charge on any atom is -0.393 e. The van der Waals surface area contributed by atoms with Gasteiger partial charge in [-0.05, 0) is 25.7 Å². The Hall–Kier alpha value is -0.710. The first-order chi connectivity index (χ1) is 13.2. The molecule has 5 aliphatic heterocycles. The Morgan fingerprint density at radius 1 is 1.18 bits per heavy atom. The number of hydrogen-bond acceptors (Lipinski definition) is 8. The van der Waals surface area contributed by atoms with Gasteiger partial charge in [0.25, 0.3) is 0 Å². The molecule has 2 unspecified atom stereocenters. The standard InChI is InChI=1S/C19H29NO7S/c1-11-13-4-5-18(3)25-17-19(13,27-26-18)14(10-15(11)21)12(2)16(24-17)20-6-8-28(22,23)9-7-20/h6,8,11-17,21H,4-5,7,9-10H2,1-3H3/t11-,12+,13?,14?,15+,16+,17+,18+,19+/m0/s1. The van der Waals surface area contributed by atoms with E-state index in [2.05, 4.69) is 13.8 Å². The summed E-state index contributed by atoms with van der Waals surface area (Å²) < 4.78 is 36.3. The van der Waals surface area contributed by atoms with Crippen molar-refractivity contribution >= 4 is 9.84 Å². The SMILES string of the molecule is C[C@@H]1C2C[C@@H](O)[C@@H](C)C3CC[C@@]4(C)OO[C@@]23[C@H](O[C@H]1N1C=CS(=O)(=O)CC1)O4. The van der Waals surface area contributed by atoms with E-state index in [1.165, 1.54) is 5.41 Å². The molecule has 8 nitrogen and oxygen atoms in total. The molecule has 9 heteroatoms. The molecule has 4 saturated heterocycles. The second-order valence-electron chi connectivity index (χ2n) is 9.29. The lowest BCUT2D eigenvalue weighted by molar-refractivity contribution is -0.574. The van der Waals surface area contributed by atoms with Gasteiger partial charge in [-0.2, -0.15) is 0 Å². The number of nitrogens with zero attached hydrogens (tertiary/aromatic N) is 1. The van der Waals surface area contributed by atoms with E-state index in [1.807, 2.05) is 11.8 Å². The molecule has 0 aromatic heterocycles. The zero-order valence-corrected chi connectivity index (χ0v) is 17.3. The monoisotopic (exact) mass is 415 g/mol. The van der Waals surface area contributed by atoms with E-state index in [0.717, 1.165) is 6.42 Å². The van der Waals surface area contributed by atoms with Gasteiger partial charge in [0, 0.05) is 42.3 Å². The molecular weight excluding hydrogens is 386 g/mol. The Morgan fingerprint density at radius 2 is 1.96 bits per heavy atom. The molecule has 1 saturated carbocycles. The van der Waals surface area contributed by atoms with Crippen LogP contribution in [0.3, 0.4) is 0 Å². The van der Waals surface area contributed by atoms with Gasteiger partial charge in [-0.1, -0.05) is 13.8 Å². The van der Waals surface area contributed by atoms with E-state index in [0.29, 0.717) is 19.4 Å². The topological polar surface area (TPSA) is 94.5 Å². The number of hydrogen-bond donors (Lipinski definition) is 1. The van der Waals surface area contributed by atoms with Crippen molar-refractivity contribution in [2.24, 2.45) is 23.7 Å². The summed E-state index contributed by atoms with van der Waals surface area (Å²) >= 11 is 0. The van der Waals surface area contributed by atoms with Gasteiger partial charge in [0.05, 0.1) is 11.9 Å². The number of rotatable bonds is 1. The Labute approximate surface area is 165 Å². The lowest BCUT2D eigenvalue weighted by Crippen LogP contribution is -2.73. The van der Waals surface area contributed by atoms with Crippen LogP contribution in [-0.2, 0) is 29.1 Å². The first-order valence-corrected chi connectivity index (χ1v) is 11.9. The minimum atomic E-state index is -3.15. The molecular formula is C19H29NO7S. The van der Waals surface area contributed by atoms with Crippen molar-refractivity contribution in [1.29, 1.82) is 0 Å². The van der Waals surface area contributed by atoms with Crippen molar-refractivity contribution in [3.8, 4) is 0 Å². The molecule has 1 aliphatic carbocycles. The molecule has 6 aliphatic rings. The summed E-state index contributed by atoms with van der Waals surface area (Å²) in [4.78, 5) is 13.8. The molecule has 0 radical (unpaired) electrons. The van der Waals surface area contributed by atoms with Crippen molar-refractivity contribution in [2.45, 2.75) is 70.0 Å². The van der Waals surface area contributed by atoms with Crippen LogP contribution in [0.15, 0.2) is 11.6 Å². The van der Waals surface area contributed by atoms with Crippen molar-refractivity contribution in [3.05, 3.63) is 11.6 Å². The van der Waals surface area contributed by atoms with Crippen molar-refractivity contribution in [1.82, 2.24) is 4.90 Å². The third-order valence-corrected chi connectivity index (χ3v) is 8.95. The zero-order valence-electron chi connectivity index (χ0n) is 16.5. The van der Waals surface area contributed by atoms with Crippen LogP contribution in [0.4, 0.5) is 0 Å². The zero-order chi connectivity index (χ0) is 19.9. The van der Waals surface area contributed by atoms with E-state index in [1.54, 1.807) is 6.20 Å². The van der Waals surface area contributed by atoms with E-state index in [9.17, 15) is 13.5 Å². The maximum Gasteiger partial charge on any atom is 0.201 e. The maximum atomic E-state index is 11.8. The molecule has 158 valence electrons. The average molecular weight is 416 g/mol. The number of aliphatic hydroxyl groups is 1. The van der Waals surface area contributed by atoms with E-state index < -0.39 is 33.6 Å². The molecule has 0 aromatic rings. The van der Waals surface area contributed by atoms with Gasteiger partial charge in [-0.3, -0.25) is 0 Å². The summed E-state index contributed by atoms with van der Waals surface area (Å²) in [5.41, 5.74) is -0.754. The van der Waals surface area contributed by atoms with Crippen LogP contribution >= 0.6 is 0 Å². The molecule has 0 amide bonds. The number of aliphatic hydroxyl groups excluding tert-OH is 1. The summed E-state index contributed by atoms with van der Waals surface area (Å²) in [6.07, 6.45) is 2.30. The van der Waals surface area contributed by atoms with Crippen LogP contribution < -0.4 is 0 Å². The van der Waals surface area contributed by atoms with Gasteiger partial charge in [0.2, 0.25) is 5.79 Å². The minimum absolute atomic E-state index is 0.000935. The predicted molar refractivity (Wildman–Crippen MR) is 97.9 cm³/mol. The molecule has 5 fully saturated rings. The van der Waals surface area contributed by atoms with Crippen LogP contribution in [0, 0.1) is 23.7 Å². The Bertz CT molecular complexity index is 783. The number of fused-ring (bicyclic) bond motifs is 2. The molecule has 5 heterocycles. The second-order valence-corrected chi connectivity index (χ2v) is 11.3. The summed E-state index contributed by atoms with van der Waals surface area (Å²) in [6, 6.07) is 0. The summed E-state index contributed by atoms with van der Waals surface area (Å²) in [5.74, 6) is -0.718. The Kier molecular flexibility index (Phi) is 4.23. The highest BCUT2D eigenvalue weighted by molar-refractivity contribution is 7.94. The first-order valence-electron chi connectivity index (χ1n) is 10.2. The molecule has 6 rings (SSSR count). The summed E-state index contributed by atoms with van der Waals surface area (Å²) in [5, 5.41) is 12.1. The van der Waals surface area contributed by atoms with Gasteiger partial charge in [-0.25, -0.2) is 18.2 Å². The average Bonchev–Trinajstić information content (AvgIpc) is 2.87. The third kappa shape index (κ3) is 2.63. The normalized spacial score (nSPS) is 54.9. The molecule has 0 aromatic carbocycles. The van der Waals surface area contributed by atoms with Crippen LogP contribution in [-0.4, -0.2) is 60.7 Å². The highest BCUT2D eigenvalue weighted by Crippen LogP contribution is 2.60. The summed E-state index contributed by atoms with van der Waals surface area (Å²) in [7, 11) is -3.15. The van der Waals surface area contributed by atoms with Gasteiger partial charge in [0.15, 0.2) is 21.7 Å². The molecule has 1 spiro atoms. The quantitative estimate of drug-likeness (QED) is 0.642. The van der Waals surface area contributed by atoms with Gasteiger partial charge >= 0.3 is 0 Å². The fourth-order valence-corrected chi connectivity index (χ4v) is 6.92. The van der Waals surface area contributed by atoms with Crippen molar-refractivity contribution in [3.63, 3.8) is 0 Å². The first kappa shape index (κ1) is 19.3. The third-order valence-electron chi connectivity index (χ3n) is 7.66. The fraction of sp³-hybridized carbons (Fsp3) is 0.895. The molecule has 28 heavy (non-hydrogen) atoms. The summed E-state index contributed by atoms with van der Waals surface area (Å²) in [6.45, 7) is 6.38. The lowest BCUT2D eigenvalue weighted by atomic mass is 9.57. The Balaban J connectivity index is 1.54. The van der Waals surface area contributed by atoms with Crippen LogP contribution in [0.5, 0.6) is 0 Å². The van der Waals surface area contributed by atoms with E-state index in [-0.39, 0.29) is 35.7 Å². The van der Waals surface area contributed by atoms with Gasteiger partial charge < -0.3 is 19.5 Å². The van der Waals surface area contributed by atoms with Crippen molar-refractivity contribution in [2.75, 3.05) is 12.3 Å². The van der Waals surface area contributed by atoms with Crippen molar-refractivity contribution < 1.29 is 32.8 Å². The molecule has 1 N–H and O–H groups in total. The van der Waals surface area contributed by atoms with Gasteiger partial charge in [0.1, 0.15) is 6.23 Å². The predicted octanol–water partition coefficient (Wildman–Crippen LogP) is 1.37.